The van der Waals surface area contributed by atoms with Crippen LogP contribution in [0.15, 0.2) is 54.6 Å². The summed E-state index contributed by atoms with van der Waals surface area (Å²) in [5, 5.41) is 13.8. The molecule has 174 valence electrons. The number of hydrogen-bond donors (Lipinski definition) is 1. The number of aromatic nitrogens is 2. The third kappa shape index (κ3) is 5.63. The molecule has 1 heterocycles. The molecule has 1 aromatic heterocycles. The van der Waals surface area contributed by atoms with E-state index in [-0.39, 0.29) is 6.61 Å². The van der Waals surface area contributed by atoms with Gasteiger partial charge in [-0.05, 0) is 62.1 Å². The topological polar surface area (TPSA) is 73.6 Å². The van der Waals surface area contributed by atoms with E-state index in [2.05, 4.69) is 41.9 Å². The lowest BCUT2D eigenvalue weighted by molar-refractivity contribution is -0.142. The third-order valence-electron chi connectivity index (χ3n) is 6.59. The van der Waals surface area contributed by atoms with Crippen molar-refractivity contribution in [2.75, 3.05) is 20.3 Å². The fourth-order valence-electron chi connectivity index (χ4n) is 4.78. The lowest BCUT2D eigenvalue weighted by atomic mass is 9.82. The third-order valence-corrected chi connectivity index (χ3v) is 6.59. The van der Waals surface area contributed by atoms with Crippen molar-refractivity contribution in [2.24, 2.45) is 11.8 Å². The summed E-state index contributed by atoms with van der Waals surface area (Å²) in [6.45, 7) is 3.38. The van der Waals surface area contributed by atoms with Gasteiger partial charge in [-0.25, -0.2) is 4.79 Å². The first kappa shape index (κ1) is 23.1. The molecule has 33 heavy (non-hydrogen) atoms. The van der Waals surface area contributed by atoms with Crippen LogP contribution in [0.3, 0.4) is 0 Å². The molecule has 6 nitrogen and oxygen atoms in total. The largest absolute Gasteiger partial charge is 0.497 e. The van der Waals surface area contributed by atoms with Crippen molar-refractivity contribution >= 4 is 5.97 Å². The van der Waals surface area contributed by atoms with Crippen molar-refractivity contribution in [3.8, 4) is 28.1 Å². The first-order valence-electron chi connectivity index (χ1n) is 11.6. The number of rotatable bonds is 9. The van der Waals surface area contributed by atoms with Gasteiger partial charge < -0.3 is 14.6 Å². The Bertz CT molecular complexity index is 1070. The van der Waals surface area contributed by atoms with Crippen molar-refractivity contribution < 1.29 is 19.4 Å². The number of carboxylic acids is 1. The van der Waals surface area contributed by atoms with E-state index in [4.69, 9.17) is 19.7 Å². The molecule has 2 aromatic carbocycles. The minimum absolute atomic E-state index is 0.207. The lowest BCUT2D eigenvalue weighted by Crippen LogP contribution is -2.23. The van der Waals surface area contributed by atoms with Crippen LogP contribution in [0.4, 0.5) is 0 Å². The van der Waals surface area contributed by atoms with E-state index in [1.165, 1.54) is 16.8 Å². The highest BCUT2D eigenvalue weighted by atomic mass is 16.5. The van der Waals surface area contributed by atoms with Gasteiger partial charge in [-0.15, -0.1) is 0 Å². The number of carboxylic acid groups (broad SMARTS) is 1. The maximum atomic E-state index is 10.7. The predicted octanol–water partition coefficient (Wildman–Crippen LogP) is 5.44. The van der Waals surface area contributed by atoms with Gasteiger partial charge in [0.15, 0.2) is 0 Å². The number of ether oxygens (including phenoxy) is 2. The van der Waals surface area contributed by atoms with E-state index in [1.807, 2.05) is 24.3 Å². The molecule has 0 radical (unpaired) electrons. The molecule has 0 bridgehead atoms. The van der Waals surface area contributed by atoms with Crippen molar-refractivity contribution in [1.29, 1.82) is 0 Å². The van der Waals surface area contributed by atoms with E-state index in [1.54, 1.807) is 7.11 Å². The Labute approximate surface area is 195 Å². The Morgan fingerprint density at radius 3 is 2.42 bits per heavy atom. The summed E-state index contributed by atoms with van der Waals surface area (Å²) >= 11 is 0. The fourth-order valence-corrected chi connectivity index (χ4v) is 4.78. The highest BCUT2D eigenvalue weighted by molar-refractivity contribution is 5.83. The Balaban J connectivity index is 1.53. The fraction of sp³-hybridized carbons (Fsp3) is 0.407. The van der Waals surface area contributed by atoms with Gasteiger partial charge in [0.2, 0.25) is 0 Å². The molecule has 3 aromatic rings. The number of nitrogens with zero attached hydrogens (tertiary/aromatic N) is 2. The summed E-state index contributed by atoms with van der Waals surface area (Å²) in [6, 6.07) is 18.5. The van der Waals surface area contributed by atoms with Crippen molar-refractivity contribution in [1.82, 2.24) is 9.78 Å². The van der Waals surface area contributed by atoms with E-state index >= 15 is 0 Å². The first-order chi connectivity index (χ1) is 16.0. The number of hydrogen-bond acceptors (Lipinski definition) is 4. The van der Waals surface area contributed by atoms with Crippen molar-refractivity contribution in [3.05, 3.63) is 60.3 Å². The second kappa shape index (κ2) is 10.7. The summed E-state index contributed by atoms with van der Waals surface area (Å²) in [4.78, 5) is 10.7. The minimum atomic E-state index is -0.904. The highest BCUT2D eigenvalue weighted by Crippen LogP contribution is 2.37. The van der Waals surface area contributed by atoms with Crippen LogP contribution in [-0.2, 0) is 16.1 Å². The Morgan fingerprint density at radius 1 is 1.03 bits per heavy atom. The Hall–Kier alpha value is -3.12. The average Bonchev–Trinajstić information content (AvgIpc) is 3.16. The molecule has 1 saturated carbocycles. The van der Waals surface area contributed by atoms with E-state index in [0.29, 0.717) is 18.4 Å². The monoisotopic (exact) mass is 448 g/mol. The molecule has 0 aliphatic heterocycles. The van der Waals surface area contributed by atoms with Gasteiger partial charge in [0.1, 0.15) is 18.1 Å². The van der Waals surface area contributed by atoms with Crippen LogP contribution in [0.1, 0.15) is 31.4 Å². The van der Waals surface area contributed by atoms with Gasteiger partial charge in [0, 0.05) is 23.4 Å². The molecular formula is C27H32N2O4. The molecule has 6 heteroatoms. The standard InChI is InChI=1S/C27H32N2O4/c1-19-26(22-7-4-3-5-8-22)27(23-9-6-10-24(15-23)32-2)28-29(19)16-20-11-13-21(14-12-20)17-33-18-25(30)31/h3-10,15,20-21H,11-14,16-18H2,1-2H3,(H,30,31). The van der Waals surface area contributed by atoms with Crippen LogP contribution in [0, 0.1) is 18.8 Å². The second-order valence-corrected chi connectivity index (χ2v) is 8.88. The molecular weight excluding hydrogens is 416 g/mol. The number of benzene rings is 2. The number of methoxy groups -OCH3 is 1. The quantitative estimate of drug-likeness (QED) is 0.472. The molecule has 0 unspecified atom stereocenters. The van der Waals surface area contributed by atoms with Crippen LogP contribution in [-0.4, -0.2) is 41.2 Å². The molecule has 0 saturated heterocycles. The van der Waals surface area contributed by atoms with Crippen molar-refractivity contribution in [2.45, 2.75) is 39.2 Å². The molecule has 0 atom stereocenters. The van der Waals surface area contributed by atoms with E-state index < -0.39 is 5.97 Å². The summed E-state index contributed by atoms with van der Waals surface area (Å²) in [6.07, 6.45) is 4.35. The van der Waals surface area contributed by atoms with Crippen LogP contribution in [0.2, 0.25) is 0 Å². The lowest BCUT2D eigenvalue weighted by Gasteiger charge is -2.28. The van der Waals surface area contributed by atoms with Gasteiger partial charge in [-0.3, -0.25) is 4.68 Å². The smallest absolute Gasteiger partial charge is 0.329 e. The zero-order valence-corrected chi connectivity index (χ0v) is 19.4. The maximum absolute atomic E-state index is 10.7. The maximum Gasteiger partial charge on any atom is 0.329 e. The van der Waals surface area contributed by atoms with Gasteiger partial charge >= 0.3 is 5.97 Å². The van der Waals surface area contributed by atoms with Gasteiger partial charge in [-0.2, -0.15) is 5.10 Å². The number of aliphatic carboxylic acids is 1. The molecule has 0 spiro atoms. The highest BCUT2D eigenvalue weighted by Gasteiger charge is 2.25. The zero-order valence-electron chi connectivity index (χ0n) is 19.4. The van der Waals surface area contributed by atoms with Gasteiger partial charge in [0.25, 0.3) is 0 Å². The second-order valence-electron chi connectivity index (χ2n) is 8.88. The van der Waals surface area contributed by atoms with Crippen LogP contribution in [0.25, 0.3) is 22.4 Å². The summed E-state index contributed by atoms with van der Waals surface area (Å²) in [7, 11) is 1.68. The van der Waals surface area contributed by atoms with Crippen LogP contribution in [0.5, 0.6) is 5.75 Å². The van der Waals surface area contributed by atoms with E-state index in [9.17, 15) is 4.79 Å². The SMILES string of the molecule is COc1cccc(-c2nn(CC3CCC(COCC(=O)O)CC3)c(C)c2-c2ccccc2)c1. The average molecular weight is 449 g/mol. The Morgan fingerprint density at radius 2 is 1.73 bits per heavy atom. The van der Waals surface area contributed by atoms with Gasteiger partial charge in [-0.1, -0.05) is 42.5 Å². The summed E-state index contributed by atoms with van der Waals surface area (Å²) in [5.74, 6) is 0.925. The molecule has 1 aliphatic rings. The van der Waals surface area contributed by atoms with Gasteiger partial charge in [0.05, 0.1) is 13.7 Å². The molecule has 1 fully saturated rings. The minimum Gasteiger partial charge on any atom is -0.497 e. The predicted molar refractivity (Wildman–Crippen MR) is 128 cm³/mol. The van der Waals surface area contributed by atoms with Crippen LogP contribution >= 0.6 is 0 Å². The normalized spacial score (nSPS) is 18.2. The molecule has 0 amide bonds. The Kier molecular flexibility index (Phi) is 7.45. The zero-order chi connectivity index (χ0) is 23.2. The molecule has 1 aliphatic carbocycles. The molecule has 1 N–H and O–H groups in total. The van der Waals surface area contributed by atoms with Crippen molar-refractivity contribution in [3.63, 3.8) is 0 Å². The molecule has 4 rings (SSSR count). The first-order valence-corrected chi connectivity index (χ1v) is 11.6. The van der Waals surface area contributed by atoms with Crippen LogP contribution < -0.4 is 4.74 Å². The number of carbonyl (C=O) groups is 1. The summed E-state index contributed by atoms with van der Waals surface area (Å²) < 4.78 is 12.9. The van der Waals surface area contributed by atoms with E-state index in [0.717, 1.165) is 49.2 Å². The summed E-state index contributed by atoms with van der Waals surface area (Å²) in [5.41, 5.74) is 5.53.